The van der Waals surface area contributed by atoms with E-state index < -0.39 is 11.0 Å². The predicted molar refractivity (Wildman–Crippen MR) is 58.0 cm³/mol. The summed E-state index contributed by atoms with van der Waals surface area (Å²) in [5.74, 6) is 0.146. The van der Waals surface area contributed by atoms with Crippen molar-refractivity contribution in [1.29, 1.82) is 5.26 Å². The van der Waals surface area contributed by atoms with Gasteiger partial charge in [0.05, 0.1) is 4.92 Å². The SMILES string of the molecule is CCCC(C#N)Oc1ccccc1[N+](=O)[O-]. The largest absolute Gasteiger partial charge is 0.468 e. The van der Waals surface area contributed by atoms with Gasteiger partial charge in [-0.25, -0.2) is 0 Å². The number of hydrogen-bond acceptors (Lipinski definition) is 4. The van der Waals surface area contributed by atoms with Crippen LogP contribution in [-0.2, 0) is 0 Å². The van der Waals surface area contributed by atoms with Gasteiger partial charge >= 0.3 is 5.69 Å². The molecule has 84 valence electrons. The van der Waals surface area contributed by atoms with Crippen molar-refractivity contribution < 1.29 is 9.66 Å². The molecule has 0 saturated carbocycles. The molecule has 0 radical (unpaired) electrons. The third-order valence-electron chi connectivity index (χ3n) is 2.03. The van der Waals surface area contributed by atoms with Gasteiger partial charge in [0.2, 0.25) is 0 Å². The number of rotatable bonds is 5. The van der Waals surface area contributed by atoms with E-state index in [2.05, 4.69) is 0 Å². The van der Waals surface area contributed by atoms with Crippen LogP contribution in [-0.4, -0.2) is 11.0 Å². The van der Waals surface area contributed by atoms with Gasteiger partial charge in [0, 0.05) is 6.07 Å². The first-order valence-corrected chi connectivity index (χ1v) is 4.98. The van der Waals surface area contributed by atoms with Crippen LogP contribution in [0, 0.1) is 21.4 Å². The molecule has 1 atom stereocenters. The monoisotopic (exact) mass is 220 g/mol. The lowest BCUT2D eigenvalue weighted by Crippen LogP contribution is -2.14. The Balaban J connectivity index is 2.88. The summed E-state index contributed by atoms with van der Waals surface area (Å²) in [5.41, 5.74) is -0.112. The van der Waals surface area contributed by atoms with Gasteiger partial charge in [0.25, 0.3) is 0 Å². The van der Waals surface area contributed by atoms with Crippen molar-refractivity contribution in [2.24, 2.45) is 0 Å². The number of nitriles is 1. The Morgan fingerprint density at radius 3 is 2.81 bits per heavy atom. The van der Waals surface area contributed by atoms with E-state index in [4.69, 9.17) is 10.00 Å². The third-order valence-corrected chi connectivity index (χ3v) is 2.03. The maximum Gasteiger partial charge on any atom is 0.310 e. The van der Waals surface area contributed by atoms with Crippen LogP contribution in [0.3, 0.4) is 0 Å². The lowest BCUT2D eigenvalue weighted by Gasteiger charge is -2.10. The van der Waals surface area contributed by atoms with Gasteiger partial charge in [-0.2, -0.15) is 5.26 Å². The zero-order valence-corrected chi connectivity index (χ0v) is 8.92. The van der Waals surface area contributed by atoms with Crippen molar-refractivity contribution in [3.63, 3.8) is 0 Å². The van der Waals surface area contributed by atoms with E-state index in [-0.39, 0.29) is 11.4 Å². The minimum absolute atomic E-state index is 0.112. The summed E-state index contributed by atoms with van der Waals surface area (Å²) in [6.45, 7) is 1.92. The smallest absolute Gasteiger partial charge is 0.310 e. The Kier molecular flexibility index (Phi) is 4.28. The lowest BCUT2D eigenvalue weighted by molar-refractivity contribution is -0.386. The average molecular weight is 220 g/mol. The van der Waals surface area contributed by atoms with E-state index >= 15 is 0 Å². The highest BCUT2D eigenvalue weighted by Gasteiger charge is 2.17. The van der Waals surface area contributed by atoms with Gasteiger partial charge in [-0.05, 0) is 12.5 Å². The Bertz CT molecular complexity index is 412. The second kappa shape index (κ2) is 5.71. The first kappa shape index (κ1) is 12.0. The molecule has 0 spiro atoms. The molecule has 5 heteroatoms. The molecule has 1 unspecified atom stereocenters. The summed E-state index contributed by atoms with van der Waals surface area (Å²) in [7, 11) is 0. The maximum absolute atomic E-state index is 10.7. The Labute approximate surface area is 93.4 Å². The van der Waals surface area contributed by atoms with Gasteiger partial charge in [-0.15, -0.1) is 0 Å². The topological polar surface area (TPSA) is 76.2 Å². The normalized spacial score (nSPS) is 11.5. The average Bonchev–Trinajstić information content (AvgIpc) is 2.29. The Morgan fingerprint density at radius 2 is 2.25 bits per heavy atom. The molecule has 1 aromatic carbocycles. The molecule has 5 nitrogen and oxygen atoms in total. The van der Waals surface area contributed by atoms with Crippen molar-refractivity contribution in [2.45, 2.75) is 25.9 Å². The minimum Gasteiger partial charge on any atom is -0.468 e. The first-order chi connectivity index (χ1) is 7.69. The zero-order chi connectivity index (χ0) is 12.0. The van der Waals surface area contributed by atoms with Gasteiger partial charge in [-0.3, -0.25) is 10.1 Å². The Morgan fingerprint density at radius 1 is 1.56 bits per heavy atom. The summed E-state index contributed by atoms with van der Waals surface area (Å²) < 4.78 is 5.29. The molecule has 1 aromatic rings. The second-order valence-electron chi connectivity index (χ2n) is 3.25. The van der Waals surface area contributed by atoms with Crippen LogP contribution in [0.2, 0.25) is 0 Å². The van der Waals surface area contributed by atoms with Crippen LogP contribution < -0.4 is 4.74 Å². The molecule has 0 aliphatic heterocycles. The Hall–Kier alpha value is -2.09. The number of nitrogens with zero attached hydrogens (tertiary/aromatic N) is 2. The zero-order valence-electron chi connectivity index (χ0n) is 8.92. The molecule has 1 rings (SSSR count). The number of nitro groups is 1. The van der Waals surface area contributed by atoms with Crippen molar-refractivity contribution in [2.75, 3.05) is 0 Å². The van der Waals surface area contributed by atoms with Crippen LogP contribution in [0.5, 0.6) is 5.75 Å². The summed E-state index contributed by atoms with van der Waals surface area (Å²) in [6.07, 6.45) is 0.715. The molecule has 0 aliphatic carbocycles. The molecule has 0 heterocycles. The van der Waals surface area contributed by atoms with E-state index in [1.54, 1.807) is 12.1 Å². The number of ether oxygens (including phenoxy) is 1. The van der Waals surface area contributed by atoms with E-state index in [0.29, 0.717) is 6.42 Å². The van der Waals surface area contributed by atoms with E-state index in [1.807, 2.05) is 13.0 Å². The predicted octanol–water partition coefficient (Wildman–Crippen LogP) is 2.67. The summed E-state index contributed by atoms with van der Waals surface area (Å²) >= 11 is 0. The van der Waals surface area contributed by atoms with Crippen molar-refractivity contribution in [1.82, 2.24) is 0 Å². The highest BCUT2D eigenvalue weighted by atomic mass is 16.6. The highest BCUT2D eigenvalue weighted by molar-refractivity contribution is 5.46. The molecular formula is C11H12N2O3. The minimum atomic E-state index is -0.633. The third kappa shape index (κ3) is 2.95. The van der Waals surface area contributed by atoms with Crippen LogP contribution >= 0.6 is 0 Å². The fourth-order valence-corrected chi connectivity index (χ4v) is 1.27. The number of nitro benzene ring substituents is 1. The summed E-state index contributed by atoms with van der Waals surface area (Å²) in [6, 6.07) is 8.03. The van der Waals surface area contributed by atoms with Crippen LogP contribution in [0.25, 0.3) is 0 Å². The van der Waals surface area contributed by atoms with Crippen molar-refractivity contribution in [3.8, 4) is 11.8 Å². The molecule has 0 amide bonds. The van der Waals surface area contributed by atoms with Gasteiger partial charge in [0.1, 0.15) is 6.07 Å². The molecule has 0 aromatic heterocycles. The van der Waals surface area contributed by atoms with Gasteiger partial charge in [-0.1, -0.05) is 25.5 Å². The van der Waals surface area contributed by atoms with E-state index in [9.17, 15) is 10.1 Å². The summed E-state index contributed by atoms with van der Waals surface area (Å²) in [5, 5.41) is 19.5. The van der Waals surface area contributed by atoms with Crippen LogP contribution in [0.1, 0.15) is 19.8 Å². The maximum atomic E-state index is 10.7. The van der Waals surface area contributed by atoms with Crippen molar-refractivity contribution in [3.05, 3.63) is 34.4 Å². The second-order valence-corrected chi connectivity index (χ2v) is 3.25. The van der Waals surface area contributed by atoms with E-state index in [0.717, 1.165) is 6.42 Å². The van der Waals surface area contributed by atoms with Gasteiger partial charge in [0.15, 0.2) is 11.9 Å². The highest BCUT2D eigenvalue weighted by Crippen LogP contribution is 2.27. The first-order valence-electron chi connectivity index (χ1n) is 4.98. The molecule has 0 saturated heterocycles. The molecular weight excluding hydrogens is 208 g/mol. The van der Waals surface area contributed by atoms with Crippen LogP contribution in [0.4, 0.5) is 5.69 Å². The number of benzene rings is 1. The van der Waals surface area contributed by atoms with Crippen molar-refractivity contribution >= 4 is 5.69 Å². The fourth-order valence-electron chi connectivity index (χ4n) is 1.27. The number of hydrogen-bond donors (Lipinski definition) is 0. The quantitative estimate of drug-likeness (QED) is 0.564. The summed E-state index contributed by atoms with van der Waals surface area (Å²) in [4.78, 5) is 10.2. The van der Waals surface area contributed by atoms with E-state index in [1.165, 1.54) is 12.1 Å². The molecule has 0 bridgehead atoms. The van der Waals surface area contributed by atoms with Gasteiger partial charge < -0.3 is 4.74 Å². The lowest BCUT2D eigenvalue weighted by atomic mass is 10.2. The molecule has 0 aliphatic rings. The molecule has 0 fully saturated rings. The fraction of sp³-hybridized carbons (Fsp3) is 0.364. The molecule has 0 N–H and O–H groups in total. The standard InChI is InChI=1S/C11H12N2O3/c1-2-5-9(8-12)16-11-7-4-3-6-10(11)13(14)15/h3-4,6-7,9H,2,5H2,1H3. The molecule has 16 heavy (non-hydrogen) atoms. The number of para-hydroxylation sites is 2. The van der Waals surface area contributed by atoms with Crippen LogP contribution in [0.15, 0.2) is 24.3 Å².